The second kappa shape index (κ2) is 8.04. The van der Waals surface area contributed by atoms with Gasteiger partial charge in [0.25, 0.3) is 0 Å². The van der Waals surface area contributed by atoms with Crippen LogP contribution in [0.1, 0.15) is 23.7 Å². The van der Waals surface area contributed by atoms with Crippen LogP contribution < -0.4 is 9.46 Å². The zero-order valence-electron chi connectivity index (χ0n) is 15.6. The highest BCUT2D eigenvalue weighted by atomic mass is 79.9. The first kappa shape index (κ1) is 19.9. The van der Waals surface area contributed by atoms with Gasteiger partial charge in [0.15, 0.2) is 0 Å². The third kappa shape index (κ3) is 4.20. The number of H-pyrrole nitrogens is 1. The lowest BCUT2D eigenvalue weighted by molar-refractivity contribution is 0.402. The molecule has 0 bridgehead atoms. The van der Waals surface area contributed by atoms with Crippen LogP contribution in [0.2, 0.25) is 0 Å². The second-order valence-corrected chi connectivity index (χ2v) is 9.06. The van der Waals surface area contributed by atoms with E-state index in [2.05, 4.69) is 31.7 Å². The van der Waals surface area contributed by atoms with Crippen LogP contribution in [0, 0.1) is 6.92 Å². The number of hydrogen-bond acceptors (Lipinski definition) is 3. The number of ether oxygens (including phenoxy) is 1. The number of hydrogen-bond donors (Lipinski definition) is 2. The van der Waals surface area contributed by atoms with Gasteiger partial charge in [0, 0.05) is 27.6 Å². The molecule has 0 aliphatic carbocycles. The van der Waals surface area contributed by atoms with Crippen molar-refractivity contribution in [2.24, 2.45) is 0 Å². The highest BCUT2D eigenvalue weighted by Crippen LogP contribution is 2.27. The van der Waals surface area contributed by atoms with E-state index in [0.29, 0.717) is 18.7 Å². The number of benzene rings is 2. The third-order valence-corrected chi connectivity index (χ3v) is 6.65. The van der Waals surface area contributed by atoms with Gasteiger partial charge >= 0.3 is 0 Å². The number of sulfonamides is 1. The number of rotatable bonds is 7. The van der Waals surface area contributed by atoms with E-state index >= 15 is 0 Å². The predicted molar refractivity (Wildman–Crippen MR) is 112 cm³/mol. The fraction of sp³-hybridized carbons (Fsp3) is 0.300. The summed E-state index contributed by atoms with van der Waals surface area (Å²) in [4.78, 5) is 3.53. The van der Waals surface area contributed by atoms with E-state index in [1.807, 2.05) is 32.0 Å². The maximum Gasteiger partial charge on any atom is 0.244 e. The van der Waals surface area contributed by atoms with E-state index in [9.17, 15) is 8.42 Å². The Morgan fingerprint density at radius 3 is 2.67 bits per heavy atom. The summed E-state index contributed by atoms with van der Waals surface area (Å²) in [5.74, 6) is 0.354. The Hall–Kier alpha value is -1.83. The maximum atomic E-state index is 12.8. The lowest BCUT2D eigenvalue weighted by atomic mass is 10.1. The standard InChI is InChI=1S/C20H23BrN2O3S/c1-4-14-5-8-19(26-3)20(11-14)27(24,25)22-10-9-16-13(2)23-18-7-6-15(21)12-17(16)18/h5-8,11-12,22-23H,4,9-10H2,1-3H3. The van der Waals surface area contributed by atoms with Crippen LogP contribution in [0.15, 0.2) is 45.8 Å². The van der Waals surface area contributed by atoms with Crippen molar-refractivity contribution in [3.63, 3.8) is 0 Å². The summed E-state index contributed by atoms with van der Waals surface area (Å²) in [5.41, 5.74) is 4.16. The maximum absolute atomic E-state index is 12.8. The molecule has 0 fully saturated rings. The average Bonchev–Trinajstić information content (AvgIpc) is 2.96. The molecule has 0 saturated heterocycles. The molecule has 0 aliphatic rings. The van der Waals surface area contributed by atoms with Crippen LogP contribution in [0.25, 0.3) is 10.9 Å². The minimum absolute atomic E-state index is 0.183. The molecule has 2 N–H and O–H groups in total. The Morgan fingerprint density at radius 2 is 1.96 bits per heavy atom. The number of aromatic nitrogens is 1. The molecule has 5 nitrogen and oxygen atoms in total. The predicted octanol–water partition coefficient (Wildman–Crippen LogP) is 4.33. The first-order valence-corrected chi connectivity index (χ1v) is 11.1. The van der Waals surface area contributed by atoms with Crippen LogP contribution in [0.3, 0.4) is 0 Å². The van der Waals surface area contributed by atoms with Gasteiger partial charge in [0.2, 0.25) is 10.0 Å². The van der Waals surface area contributed by atoms with Crippen molar-refractivity contribution in [3.05, 3.63) is 57.7 Å². The Bertz CT molecular complexity index is 1070. The molecule has 144 valence electrons. The topological polar surface area (TPSA) is 71.2 Å². The Labute approximate surface area is 168 Å². The average molecular weight is 451 g/mol. The normalized spacial score (nSPS) is 11.9. The molecular weight excluding hydrogens is 428 g/mol. The zero-order chi connectivity index (χ0) is 19.6. The van der Waals surface area contributed by atoms with E-state index in [4.69, 9.17) is 4.74 Å². The summed E-state index contributed by atoms with van der Waals surface area (Å²) in [5, 5.41) is 1.10. The van der Waals surface area contributed by atoms with Gasteiger partial charge in [-0.2, -0.15) is 0 Å². The van der Waals surface area contributed by atoms with Crippen molar-refractivity contribution in [2.75, 3.05) is 13.7 Å². The van der Waals surface area contributed by atoms with Crippen molar-refractivity contribution in [1.82, 2.24) is 9.71 Å². The second-order valence-electron chi connectivity index (χ2n) is 6.40. The fourth-order valence-electron chi connectivity index (χ4n) is 3.22. The molecule has 7 heteroatoms. The number of halogens is 1. The Balaban J connectivity index is 1.81. The Kier molecular flexibility index (Phi) is 5.93. The minimum Gasteiger partial charge on any atom is -0.495 e. The van der Waals surface area contributed by atoms with E-state index in [0.717, 1.165) is 38.6 Å². The molecule has 0 saturated carbocycles. The summed E-state index contributed by atoms with van der Waals surface area (Å²) in [6.07, 6.45) is 1.35. The van der Waals surface area contributed by atoms with Crippen molar-refractivity contribution in [2.45, 2.75) is 31.6 Å². The number of methoxy groups -OCH3 is 1. The van der Waals surface area contributed by atoms with Crippen LogP contribution in [-0.4, -0.2) is 27.1 Å². The first-order chi connectivity index (χ1) is 12.9. The number of nitrogens with one attached hydrogen (secondary N) is 2. The zero-order valence-corrected chi connectivity index (χ0v) is 18.0. The molecule has 27 heavy (non-hydrogen) atoms. The molecule has 0 radical (unpaired) electrons. The van der Waals surface area contributed by atoms with Gasteiger partial charge in [-0.15, -0.1) is 0 Å². The van der Waals surface area contributed by atoms with E-state index in [1.165, 1.54) is 7.11 Å². The van der Waals surface area contributed by atoms with Crippen molar-refractivity contribution in [1.29, 1.82) is 0 Å². The van der Waals surface area contributed by atoms with E-state index < -0.39 is 10.0 Å². The molecule has 0 atom stereocenters. The van der Waals surface area contributed by atoms with Crippen LogP contribution >= 0.6 is 15.9 Å². The van der Waals surface area contributed by atoms with Gasteiger partial charge in [-0.1, -0.05) is 28.9 Å². The summed E-state index contributed by atoms with van der Waals surface area (Å²) >= 11 is 3.50. The van der Waals surface area contributed by atoms with Gasteiger partial charge in [-0.3, -0.25) is 0 Å². The summed E-state index contributed by atoms with van der Waals surface area (Å²) in [6.45, 7) is 4.30. The quantitative estimate of drug-likeness (QED) is 0.562. The number of fused-ring (bicyclic) bond motifs is 1. The molecule has 3 rings (SSSR count). The van der Waals surface area contributed by atoms with Gasteiger partial charge in [0.1, 0.15) is 10.6 Å². The van der Waals surface area contributed by atoms with E-state index in [-0.39, 0.29) is 4.90 Å². The van der Waals surface area contributed by atoms with Gasteiger partial charge in [-0.05, 0) is 61.2 Å². The van der Waals surface area contributed by atoms with Crippen LogP contribution in [0.5, 0.6) is 5.75 Å². The fourth-order valence-corrected chi connectivity index (χ4v) is 4.83. The Morgan fingerprint density at radius 1 is 1.19 bits per heavy atom. The highest BCUT2D eigenvalue weighted by molar-refractivity contribution is 9.10. The number of aromatic amines is 1. The summed E-state index contributed by atoms with van der Waals surface area (Å²) in [6, 6.07) is 11.3. The molecule has 0 spiro atoms. The highest BCUT2D eigenvalue weighted by Gasteiger charge is 2.20. The molecule has 0 unspecified atom stereocenters. The molecule has 0 amide bonds. The van der Waals surface area contributed by atoms with Crippen LogP contribution in [-0.2, 0) is 22.9 Å². The van der Waals surface area contributed by atoms with Crippen molar-refractivity contribution < 1.29 is 13.2 Å². The lowest BCUT2D eigenvalue weighted by Crippen LogP contribution is -2.26. The molecule has 2 aromatic carbocycles. The van der Waals surface area contributed by atoms with Gasteiger partial charge in [-0.25, -0.2) is 13.1 Å². The smallest absolute Gasteiger partial charge is 0.244 e. The minimum atomic E-state index is -3.66. The van der Waals surface area contributed by atoms with Crippen molar-refractivity contribution in [3.8, 4) is 5.75 Å². The molecule has 0 aliphatic heterocycles. The van der Waals surface area contributed by atoms with Crippen molar-refractivity contribution >= 4 is 36.9 Å². The summed E-state index contributed by atoms with van der Waals surface area (Å²) in [7, 11) is -2.18. The third-order valence-electron chi connectivity index (χ3n) is 4.67. The largest absolute Gasteiger partial charge is 0.495 e. The monoisotopic (exact) mass is 450 g/mol. The van der Waals surface area contributed by atoms with E-state index in [1.54, 1.807) is 12.1 Å². The van der Waals surface area contributed by atoms with Gasteiger partial charge in [0.05, 0.1) is 7.11 Å². The molecule has 1 aromatic heterocycles. The first-order valence-electron chi connectivity index (χ1n) is 8.79. The SMILES string of the molecule is CCc1ccc(OC)c(S(=O)(=O)NCCc2c(C)[nH]c3ccc(Br)cc23)c1. The molecule has 1 heterocycles. The van der Waals surface area contributed by atoms with Gasteiger partial charge < -0.3 is 9.72 Å². The summed E-state index contributed by atoms with van der Waals surface area (Å²) < 4.78 is 34.6. The number of aryl methyl sites for hydroxylation is 2. The lowest BCUT2D eigenvalue weighted by Gasteiger charge is -2.12. The molecule has 3 aromatic rings. The molecular formula is C20H23BrN2O3S. The van der Waals surface area contributed by atoms with Crippen LogP contribution in [0.4, 0.5) is 0 Å².